The molecule has 0 spiro atoms. The van der Waals surface area contributed by atoms with Crippen molar-refractivity contribution in [2.75, 3.05) is 14.2 Å². The van der Waals surface area contributed by atoms with Crippen LogP contribution in [0.2, 0.25) is 0 Å². The Bertz CT molecular complexity index is 573. The van der Waals surface area contributed by atoms with Gasteiger partial charge in [-0.05, 0) is 31.9 Å². The summed E-state index contributed by atoms with van der Waals surface area (Å²) in [7, 11) is 3.69. The summed E-state index contributed by atoms with van der Waals surface area (Å²) in [5.74, 6) is 2.40. The van der Waals surface area contributed by atoms with Gasteiger partial charge >= 0.3 is 0 Å². The first-order chi connectivity index (χ1) is 10.1. The summed E-state index contributed by atoms with van der Waals surface area (Å²) in [6.07, 6.45) is 3.58. The van der Waals surface area contributed by atoms with Crippen molar-refractivity contribution in [2.45, 2.75) is 44.9 Å². The van der Waals surface area contributed by atoms with E-state index in [-0.39, 0.29) is 30.1 Å². The van der Waals surface area contributed by atoms with Crippen LogP contribution in [-0.4, -0.2) is 37.2 Å². The van der Waals surface area contributed by atoms with Crippen LogP contribution < -0.4 is 15.2 Å². The Balaban J connectivity index is 0.00000176. The number of aliphatic imine (C=N–C) groups is 1. The van der Waals surface area contributed by atoms with E-state index in [1.165, 1.54) is 18.4 Å². The van der Waals surface area contributed by atoms with Crippen molar-refractivity contribution in [3.8, 4) is 11.5 Å². The second-order valence-electron chi connectivity index (χ2n) is 5.92. The molecule has 1 aliphatic carbocycles. The van der Waals surface area contributed by atoms with Gasteiger partial charge in [0.15, 0.2) is 5.96 Å². The first-order valence-electron chi connectivity index (χ1n) is 7.47. The van der Waals surface area contributed by atoms with Crippen LogP contribution in [0, 0.1) is 0 Å². The van der Waals surface area contributed by atoms with E-state index in [9.17, 15) is 0 Å². The number of nitrogens with two attached hydrogens (primary N) is 1. The predicted molar refractivity (Wildman–Crippen MR) is 98.3 cm³/mol. The van der Waals surface area contributed by atoms with Crippen molar-refractivity contribution in [1.82, 2.24) is 4.90 Å². The lowest BCUT2D eigenvalue weighted by molar-refractivity contribution is 0.254. The quantitative estimate of drug-likeness (QED) is 0.465. The van der Waals surface area contributed by atoms with Crippen LogP contribution in [0.5, 0.6) is 11.5 Å². The van der Waals surface area contributed by atoms with Gasteiger partial charge in [0.1, 0.15) is 17.6 Å². The Labute approximate surface area is 148 Å². The smallest absolute Gasteiger partial charge is 0.191 e. The average molecular weight is 417 g/mol. The minimum absolute atomic E-state index is 0. The van der Waals surface area contributed by atoms with Gasteiger partial charge in [0.25, 0.3) is 0 Å². The lowest BCUT2D eigenvalue weighted by Gasteiger charge is -2.17. The van der Waals surface area contributed by atoms with Crippen molar-refractivity contribution in [1.29, 1.82) is 0 Å². The maximum absolute atomic E-state index is 6.04. The predicted octanol–water partition coefficient (Wildman–Crippen LogP) is 2.55. The number of hydrogen-bond acceptors (Lipinski definition) is 3. The molecular weight excluding hydrogens is 393 g/mol. The summed E-state index contributed by atoms with van der Waals surface area (Å²) in [4.78, 5) is 6.55. The molecule has 1 aromatic carbocycles. The number of nitrogens with zero attached hydrogens (tertiary/aromatic N) is 2. The lowest BCUT2D eigenvalue weighted by Crippen LogP contribution is -2.35. The molecule has 2 N–H and O–H groups in total. The number of hydrogen-bond donors (Lipinski definition) is 1. The molecule has 3 rings (SSSR count). The second kappa shape index (κ2) is 6.93. The Hall–Kier alpha value is -1.18. The SMILES string of the molecule is COc1cc2c(cc1CN=C(N)N(C)C1CC1)OC(C)C2.I. The number of rotatable bonds is 4. The van der Waals surface area contributed by atoms with Crippen molar-refractivity contribution in [3.63, 3.8) is 0 Å². The van der Waals surface area contributed by atoms with Gasteiger partial charge < -0.3 is 20.1 Å². The molecule has 1 heterocycles. The molecule has 2 aliphatic rings. The Kier molecular flexibility index (Phi) is 5.41. The maximum Gasteiger partial charge on any atom is 0.191 e. The van der Waals surface area contributed by atoms with Crippen LogP contribution in [0.1, 0.15) is 30.9 Å². The number of methoxy groups -OCH3 is 1. The van der Waals surface area contributed by atoms with E-state index in [0.29, 0.717) is 18.5 Å². The number of guanidine groups is 1. The summed E-state index contributed by atoms with van der Waals surface area (Å²) in [6.45, 7) is 2.59. The van der Waals surface area contributed by atoms with Gasteiger partial charge in [-0.3, -0.25) is 0 Å². The van der Waals surface area contributed by atoms with Crippen molar-refractivity contribution >= 4 is 29.9 Å². The zero-order chi connectivity index (χ0) is 15.0. The summed E-state index contributed by atoms with van der Waals surface area (Å²) in [5.41, 5.74) is 8.25. The largest absolute Gasteiger partial charge is 0.496 e. The molecule has 6 heteroatoms. The van der Waals surface area contributed by atoms with Crippen LogP contribution in [0.15, 0.2) is 17.1 Å². The topological polar surface area (TPSA) is 60.1 Å². The fourth-order valence-electron chi connectivity index (χ4n) is 2.72. The van der Waals surface area contributed by atoms with Crippen molar-refractivity contribution in [2.24, 2.45) is 10.7 Å². The van der Waals surface area contributed by atoms with Crippen LogP contribution >= 0.6 is 24.0 Å². The molecule has 0 bridgehead atoms. The standard InChI is InChI=1S/C16H23N3O2.HI/c1-10-6-11-7-14(20-3)12(8-15(11)21-10)9-18-16(17)19(2)13-4-5-13;/h7-8,10,13H,4-6,9H2,1-3H3,(H2,17,18);1H. The normalized spacial score (nSPS) is 20.0. The number of benzene rings is 1. The van der Waals surface area contributed by atoms with Gasteiger partial charge in [-0.2, -0.15) is 0 Å². The monoisotopic (exact) mass is 417 g/mol. The highest BCUT2D eigenvalue weighted by atomic mass is 127. The van der Waals surface area contributed by atoms with Crippen molar-refractivity contribution < 1.29 is 9.47 Å². The molecule has 1 saturated carbocycles. The maximum atomic E-state index is 6.04. The van der Waals surface area contributed by atoms with Crippen LogP contribution in [0.25, 0.3) is 0 Å². The number of ether oxygens (including phenoxy) is 2. The molecule has 1 fully saturated rings. The molecule has 1 atom stereocenters. The zero-order valence-corrected chi connectivity index (χ0v) is 15.7. The summed E-state index contributed by atoms with van der Waals surface area (Å²) < 4.78 is 11.3. The van der Waals surface area contributed by atoms with Gasteiger partial charge in [-0.1, -0.05) is 0 Å². The third kappa shape index (κ3) is 3.59. The summed E-state index contributed by atoms with van der Waals surface area (Å²) >= 11 is 0. The van der Waals surface area contributed by atoms with E-state index < -0.39 is 0 Å². The molecule has 1 aromatic rings. The highest BCUT2D eigenvalue weighted by molar-refractivity contribution is 14.0. The van der Waals surface area contributed by atoms with Gasteiger partial charge in [0, 0.05) is 30.6 Å². The van der Waals surface area contributed by atoms with E-state index >= 15 is 0 Å². The molecule has 0 amide bonds. The molecule has 22 heavy (non-hydrogen) atoms. The first kappa shape index (κ1) is 17.2. The molecule has 1 unspecified atom stereocenters. The lowest BCUT2D eigenvalue weighted by atomic mass is 10.1. The zero-order valence-electron chi connectivity index (χ0n) is 13.3. The van der Waals surface area contributed by atoms with Gasteiger partial charge in [0.05, 0.1) is 13.7 Å². The minimum atomic E-state index is 0. The van der Waals surface area contributed by atoms with Gasteiger partial charge in [-0.15, -0.1) is 24.0 Å². The van der Waals surface area contributed by atoms with E-state index in [4.69, 9.17) is 15.2 Å². The van der Waals surface area contributed by atoms with Crippen LogP contribution in [-0.2, 0) is 13.0 Å². The third-order valence-electron chi connectivity index (χ3n) is 4.17. The van der Waals surface area contributed by atoms with Gasteiger partial charge in [0.2, 0.25) is 0 Å². The summed E-state index contributed by atoms with van der Waals surface area (Å²) in [5, 5.41) is 0. The molecule has 0 aromatic heterocycles. The molecular formula is C16H24IN3O2. The number of fused-ring (bicyclic) bond motifs is 1. The van der Waals surface area contributed by atoms with E-state index in [1.54, 1.807) is 7.11 Å². The average Bonchev–Trinajstić information content (AvgIpc) is 3.24. The summed E-state index contributed by atoms with van der Waals surface area (Å²) in [6, 6.07) is 4.66. The second-order valence-corrected chi connectivity index (χ2v) is 5.92. The fourth-order valence-corrected chi connectivity index (χ4v) is 2.72. The van der Waals surface area contributed by atoms with E-state index in [2.05, 4.69) is 22.9 Å². The van der Waals surface area contributed by atoms with Crippen LogP contribution in [0.4, 0.5) is 0 Å². The Morgan fingerprint density at radius 2 is 2.18 bits per heavy atom. The molecule has 0 radical (unpaired) electrons. The van der Waals surface area contributed by atoms with Crippen molar-refractivity contribution in [3.05, 3.63) is 23.3 Å². The molecule has 0 saturated heterocycles. The highest BCUT2D eigenvalue weighted by Gasteiger charge is 2.27. The van der Waals surface area contributed by atoms with E-state index in [1.807, 2.05) is 13.1 Å². The van der Waals surface area contributed by atoms with E-state index in [0.717, 1.165) is 23.5 Å². The fraction of sp³-hybridized carbons (Fsp3) is 0.562. The Morgan fingerprint density at radius 1 is 1.45 bits per heavy atom. The van der Waals surface area contributed by atoms with Gasteiger partial charge in [-0.25, -0.2) is 4.99 Å². The minimum Gasteiger partial charge on any atom is -0.496 e. The Morgan fingerprint density at radius 3 is 2.82 bits per heavy atom. The first-order valence-corrected chi connectivity index (χ1v) is 7.47. The molecule has 1 aliphatic heterocycles. The number of halogens is 1. The molecule has 122 valence electrons. The van der Waals surface area contributed by atoms with Crippen LogP contribution in [0.3, 0.4) is 0 Å². The molecule has 5 nitrogen and oxygen atoms in total. The highest BCUT2D eigenvalue weighted by Crippen LogP contribution is 2.35. The third-order valence-corrected chi connectivity index (χ3v) is 4.17.